The number of rotatable bonds is 10. The lowest BCUT2D eigenvalue weighted by Crippen LogP contribution is -2.55. The largest absolute Gasteiger partial charge is 0.480 e. The second-order valence-corrected chi connectivity index (χ2v) is 13.3. The molecular formula is C32H31F3N2O10S. The van der Waals surface area contributed by atoms with E-state index in [0.29, 0.717) is 25.9 Å². The Morgan fingerprint density at radius 1 is 0.896 bits per heavy atom. The topological polar surface area (TPSA) is 198 Å². The van der Waals surface area contributed by atoms with Gasteiger partial charge in [-0.1, -0.05) is 54.6 Å². The zero-order valence-corrected chi connectivity index (χ0v) is 25.7. The van der Waals surface area contributed by atoms with Gasteiger partial charge < -0.3 is 30.6 Å². The van der Waals surface area contributed by atoms with E-state index >= 15 is 0 Å². The average Bonchev–Trinajstić information content (AvgIpc) is 3.04. The summed E-state index contributed by atoms with van der Waals surface area (Å²) < 4.78 is 71.3. The van der Waals surface area contributed by atoms with Crippen molar-refractivity contribution in [1.29, 1.82) is 0 Å². The zero-order valence-electron chi connectivity index (χ0n) is 24.9. The Hall–Kier alpha value is -4.16. The smallest absolute Gasteiger partial charge is 0.416 e. The number of hydrogen-bond acceptors (Lipinski definition) is 9. The van der Waals surface area contributed by atoms with Crippen LogP contribution < -0.4 is 5.56 Å². The number of carbonyl (C=O) groups is 1. The fraction of sp³-hybridized carbons (Fsp3) is 0.312. The quantitative estimate of drug-likeness (QED) is 0.141. The first kappa shape index (κ1) is 35.2. The predicted molar refractivity (Wildman–Crippen MR) is 164 cm³/mol. The molecule has 256 valence electrons. The number of hydrogen-bond donors (Lipinski definition) is 6. The van der Waals surface area contributed by atoms with Crippen molar-refractivity contribution >= 4 is 26.8 Å². The van der Waals surface area contributed by atoms with Gasteiger partial charge in [0.25, 0.3) is 15.6 Å². The molecule has 1 aliphatic heterocycles. The normalized spacial score (nSPS) is 19.0. The van der Waals surface area contributed by atoms with E-state index in [-0.39, 0.29) is 23.1 Å². The molecule has 0 saturated carbocycles. The molecule has 0 bridgehead atoms. The van der Waals surface area contributed by atoms with Crippen LogP contribution in [-0.4, -0.2) is 98.0 Å². The number of alkyl halides is 3. The van der Waals surface area contributed by atoms with Gasteiger partial charge in [0.2, 0.25) is 0 Å². The molecule has 4 aromatic rings. The summed E-state index contributed by atoms with van der Waals surface area (Å²) in [6.07, 6.45) is -13.5. The molecule has 5 rings (SSSR count). The van der Waals surface area contributed by atoms with E-state index < -0.39 is 88.5 Å². The van der Waals surface area contributed by atoms with Crippen molar-refractivity contribution in [3.8, 4) is 11.1 Å². The minimum Gasteiger partial charge on any atom is -0.480 e. The molecule has 0 aliphatic carbocycles. The molecule has 1 unspecified atom stereocenters. The van der Waals surface area contributed by atoms with Gasteiger partial charge in [0.05, 0.1) is 18.3 Å². The van der Waals surface area contributed by atoms with E-state index in [1.807, 2.05) is 12.1 Å². The number of pyridine rings is 1. The third-order valence-electron chi connectivity index (χ3n) is 8.30. The number of aliphatic hydroxyl groups is 5. The molecule has 1 aliphatic rings. The van der Waals surface area contributed by atoms with Crippen LogP contribution in [0.15, 0.2) is 82.6 Å². The van der Waals surface area contributed by atoms with E-state index in [0.717, 1.165) is 23.6 Å². The monoisotopic (exact) mass is 692 g/mol. The summed E-state index contributed by atoms with van der Waals surface area (Å²) in [6.45, 7) is -3.03. The molecule has 0 fully saturated rings. The number of aromatic nitrogens is 1. The number of aliphatic hydroxyl groups excluding tert-OH is 5. The Kier molecular flexibility index (Phi) is 9.81. The van der Waals surface area contributed by atoms with Crippen LogP contribution in [0.1, 0.15) is 22.7 Å². The van der Waals surface area contributed by atoms with Crippen molar-refractivity contribution in [3.63, 3.8) is 0 Å². The van der Waals surface area contributed by atoms with E-state index in [2.05, 4.69) is 0 Å². The van der Waals surface area contributed by atoms with E-state index in [4.69, 9.17) is 5.11 Å². The maximum atomic E-state index is 14.3. The van der Waals surface area contributed by atoms with Gasteiger partial charge in [-0.15, -0.1) is 0 Å². The zero-order chi connectivity index (χ0) is 35.1. The molecular weight excluding hydrogens is 661 g/mol. The summed E-state index contributed by atoms with van der Waals surface area (Å²) >= 11 is 0. The Morgan fingerprint density at radius 3 is 2.21 bits per heavy atom. The van der Waals surface area contributed by atoms with Crippen LogP contribution in [0.5, 0.6) is 0 Å². The maximum Gasteiger partial charge on any atom is 0.416 e. The van der Waals surface area contributed by atoms with Crippen LogP contribution >= 0.6 is 0 Å². The molecule has 0 radical (unpaired) electrons. The molecule has 6 N–H and O–H groups in total. The number of sulfonamides is 1. The third kappa shape index (κ3) is 6.60. The van der Waals surface area contributed by atoms with Gasteiger partial charge in [-0.25, -0.2) is 13.2 Å². The Morgan fingerprint density at radius 2 is 1.54 bits per heavy atom. The highest BCUT2D eigenvalue weighted by atomic mass is 32.2. The van der Waals surface area contributed by atoms with Gasteiger partial charge in [0.1, 0.15) is 24.4 Å². The average molecular weight is 693 g/mol. The number of benzene rings is 3. The summed E-state index contributed by atoms with van der Waals surface area (Å²) in [7, 11) is -5.05. The molecule has 0 amide bonds. The first-order valence-electron chi connectivity index (χ1n) is 14.5. The summed E-state index contributed by atoms with van der Waals surface area (Å²) in [5.74, 6) is -1.68. The predicted octanol–water partition coefficient (Wildman–Crippen LogP) is 1.34. The molecule has 1 aromatic heterocycles. The number of halogens is 3. The minimum atomic E-state index is -5.05. The van der Waals surface area contributed by atoms with Crippen LogP contribution in [0.2, 0.25) is 0 Å². The highest BCUT2D eigenvalue weighted by Crippen LogP contribution is 2.40. The van der Waals surface area contributed by atoms with Gasteiger partial charge in [0, 0.05) is 24.7 Å². The molecule has 5 atom stereocenters. The number of carboxylic acid groups (broad SMARTS) is 1. The Balaban J connectivity index is 1.77. The third-order valence-corrected chi connectivity index (χ3v) is 10.2. The number of β-amino-alcohol motifs (C(OH)–C–C–N with tert-alkyl or cyclic N) is 1. The second kappa shape index (κ2) is 13.4. The maximum absolute atomic E-state index is 14.3. The van der Waals surface area contributed by atoms with Crippen LogP contribution in [0.3, 0.4) is 0 Å². The first-order chi connectivity index (χ1) is 22.6. The molecule has 0 spiro atoms. The highest BCUT2D eigenvalue weighted by molar-refractivity contribution is 7.89. The van der Waals surface area contributed by atoms with Crippen molar-refractivity contribution in [1.82, 2.24) is 8.87 Å². The van der Waals surface area contributed by atoms with Gasteiger partial charge in [-0.3, -0.25) is 9.36 Å². The SMILES string of the molecule is O=C(O)C1CN(C[C@H](O)[C@@H](O)[C@H](O)[C@H](O)CO)S(=O)(=O)c2c(-c3cccc(C(F)(F)F)c3)c(Cc3cccc4ccccc34)cc(=O)n21. The summed E-state index contributed by atoms with van der Waals surface area (Å²) in [4.78, 5) is 26.1. The molecule has 48 heavy (non-hydrogen) atoms. The van der Waals surface area contributed by atoms with Crippen LogP contribution in [0.25, 0.3) is 21.9 Å². The number of fused-ring (bicyclic) bond motifs is 2. The molecule has 3 aromatic carbocycles. The van der Waals surface area contributed by atoms with Crippen molar-refractivity contribution in [2.75, 3.05) is 19.7 Å². The van der Waals surface area contributed by atoms with Gasteiger partial charge in [0.15, 0.2) is 5.03 Å². The lowest BCUT2D eigenvalue weighted by molar-refractivity contribution is -0.142. The van der Waals surface area contributed by atoms with Gasteiger partial charge in [-0.05, 0) is 46.0 Å². The van der Waals surface area contributed by atoms with Crippen molar-refractivity contribution < 1.29 is 57.0 Å². The lowest BCUT2D eigenvalue weighted by atomic mass is 9.93. The summed E-state index contributed by atoms with van der Waals surface area (Å²) in [5, 5.41) is 60.6. The molecule has 12 nitrogen and oxygen atoms in total. The Bertz CT molecular complexity index is 2010. The van der Waals surface area contributed by atoms with E-state index in [1.165, 1.54) is 6.07 Å². The summed E-state index contributed by atoms with van der Waals surface area (Å²) in [5.41, 5.74) is -2.32. The Labute approximate surface area is 271 Å². The van der Waals surface area contributed by atoms with Gasteiger partial charge in [-0.2, -0.15) is 17.5 Å². The summed E-state index contributed by atoms with van der Waals surface area (Å²) in [6, 6.07) is 15.1. The van der Waals surface area contributed by atoms with Crippen LogP contribution in [0, 0.1) is 0 Å². The standard InChI is InChI=1S/C32H31F3N2O10S/c33-32(34,35)21-9-4-8-19(12-21)27-20(11-18-7-3-6-17-5-1-2-10-22(17)18)13-26(41)37-23(31(44)45)14-36(48(46,47)30(27)37)15-24(39)28(42)29(43)25(40)16-38/h1-10,12-13,23-25,28-29,38-40,42-43H,11,14-16H2,(H,44,45)/t23?,24-,25+,28+,29+/m0/s1. The van der Waals surface area contributed by atoms with E-state index in [1.54, 1.807) is 30.3 Å². The van der Waals surface area contributed by atoms with Crippen molar-refractivity contribution in [2.45, 2.75) is 48.1 Å². The van der Waals surface area contributed by atoms with Crippen molar-refractivity contribution in [3.05, 3.63) is 99.8 Å². The van der Waals surface area contributed by atoms with Crippen molar-refractivity contribution in [2.24, 2.45) is 0 Å². The highest BCUT2D eigenvalue weighted by Gasteiger charge is 2.45. The number of carboxylic acids is 1. The fourth-order valence-electron chi connectivity index (χ4n) is 5.88. The lowest BCUT2D eigenvalue weighted by Gasteiger charge is -2.37. The van der Waals surface area contributed by atoms with E-state index in [9.17, 15) is 56.7 Å². The molecule has 0 saturated heterocycles. The molecule has 16 heteroatoms. The number of aliphatic carboxylic acids is 1. The number of nitrogens with zero attached hydrogens (tertiary/aromatic N) is 2. The first-order valence-corrected chi connectivity index (χ1v) is 16.0. The minimum absolute atomic E-state index is 0.0291. The molecule has 2 heterocycles. The van der Waals surface area contributed by atoms with Crippen LogP contribution in [0.4, 0.5) is 13.2 Å². The second-order valence-electron chi connectivity index (χ2n) is 11.4. The van der Waals surface area contributed by atoms with Gasteiger partial charge >= 0.3 is 12.1 Å². The van der Waals surface area contributed by atoms with Crippen LogP contribution in [-0.2, 0) is 27.4 Å². The fourth-order valence-corrected chi connectivity index (χ4v) is 7.79.